The van der Waals surface area contributed by atoms with Gasteiger partial charge in [0.2, 0.25) is 0 Å². The van der Waals surface area contributed by atoms with E-state index < -0.39 is 0 Å². The molecule has 1 amide bonds. The second-order valence-electron chi connectivity index (χ2n) is 5.37. The largest absolute Gasteiger partial charge is 0.362 e. The minimum Gasteiger partial charge on any atom is -0.362 e. The van der Waals surface area contributed by atoms with Crippen molar-refractivity contribution in [2.75, 3.05) is 5.32 Å². The molecule has 2 aliphatic rings. The van der Waals surface area contributed by atoms with Gasteiger partial charge in [0.1, 0.15) is 5.66 Å². The van der Waals surface area contributed by atoms with Crippen LogP contribution in [0.15, 0.2) is 12.1 Å². The van der Waals surface area contributed by atoms with Crippen LogP contribution in [0.4, 0.5) is 5.69 Å². The normalized spacial score (nSPS) is 21.1. The molecule has 0 atom stereocenters. The molecule has 4 heteroatoms. The van der Waals surface area contributed by atoms with Crippen LogP contribution in [0.2, 0.25) is 5.02 Å². The number of anilines is 1. The van der Waals surface area contributed by atoms with Gasteiger partial charge in [0.05, 0.1) is 11.3 Å². The molecule has 1 aromatic rings. The number of rotatable bonds is 0. The zero-order chi connectivity index (χ0) is 12.8. The van der Waals surface area contributed by atoms with E-state index in [-0.39, 0.29) is 11.6 Å². The van der Waals surface area contributed by atoms with Crippen LogP contribution in [0.5, 0.6) is 0 Å². The molecule has 0 bridgehead atoms. The summed E-state index contributed by atoms with van der Waals surface area (Å²) in [5.41, 5.74) is 2.42. The van der Waals surface area contributed by atoms with E-state index in [1.165, 1.54) is 6.42 Å². The van der Waals surface area contributed by atoms with Crippen molar-refractivity contribution in [1.82, 2.24) is 5.32 Å². The van der Waals surface area contributed by atoms with Crippen molar-refractivity contribution >= 4 is 23.2 Å². The average molecular weight is 265 g/mol. The highest BCUT2D eigenvalue weighted by Crippen LogP contribution is 2.37. The molecule has 96 valence electrons. The lowest BCUT2D eigenvalue weighted by Crippen LogP contribution is -2.58. The summed E-state index contributed by atoms with van der Waals surface area (Å²) in [5, 5.41) is 7.30. The fourth-order valence-electron chi connectivity index (χ4n) is 3.05. The number of hydrogen-bond donors (Lipinski definition) is 2. The number of hydrogen-bond acceptors (Lipinski definition) is 2. The molecule has 2 N–H and O–H groups in total. The number of halogens is 1. The van der Waals surface area contributed by atoms with Gasteiger partial charge in [-0.2, -0.15) is 0 Å². The topological polar surface area (TPSA) is 41.1 Å². The number of aryl methyl sites for hydroxylation is 1. The highest BCUT2D eigenvalue weighted by atomic mass is 35.5. The van der Waals surface area contributed by atoms with Crippen LogP contribution >= 0.6 is 11.6 Å². The van der Waals surface area contributed by atoms with E-state index in [1.807, 2.05) is 13.0 Å². The fourth-order valence-corrected chi connectivity index (χ4v) is 3.32. The van der Waals surface area contributed by atoms with Crippen LogP contribution in [-0.2, 0) is 0 Å². The Bertz CT molecular complexity index is 507. The van der Waals surface area contributed by atoms with Gasteiger partial charge < -0.3 is 10.6 Å². The van der Waals surface area contributed by atoms with E-state index in [1.54, 1.807) is 6.07 Å². The molecule has 0 radical (unpaired) electrons. The van der Waals surface area contributed by atoms with Crippen molar-refractivity contribution in [3.8, 4) is 0 Å². The molecule has 3 nitrogen and oxygen atoms in total. The Balaban J connectivity index is 2.04. The summed E-state index contributed by atoms with van der Waals surface area (Å²) >= 11 is 6.02. The summed E-state index contributed by atoms with van der Waals surface area (Å²) < 4.78 is 0. The number of amides is 1. The number of fused-ring (bicyclic) bond motifs is 1. The molecular formula is C14H17ClN2O. The molecule has 18 heavy (non-hydrogen) atoms. The molecule has 0 saturated heterocycles. The highest BCUT2D eigenvalue weighted by Gasteiger charge is 2.38. The van der Waals surface area contributed by atoms with Crippen LogP contribution in [0, 0.1) is 6.92 Å². The molecule has 1 spiro atoms. The Morgan fingerprint density at radius 3 is 2.61 bits per heavy atom. The number of nitrogens with one attached hydrogen (secondary N) is 2. The lowest BCUT2D eigenvalue weighted by Gasteiger charge is -2.43. The molecule has 1 saturated carbocycles. The second-order valence-corrected chi connectivity index (χ2v) is 5.80. The van der Waals surface area contributed by atoms with E-state index in [0.29, 0.717) is 10.6 Å². The van der Waals surface area contributed by atoms with Gasteiger partial charge in [-0.15, -0.1) is 0 Å². The smallest absolute Gasteiger partial charge is 0.255 e. The molecule has 0 unspecified atom stereocenters. The van der Waals surface area contributed by atoms with Gasteiger partial charge in [-0.1, -0.05) is 18.0 Å². The third kappa shape index (κ3) is 1.87. The maximum Gasteiger partial charge on any atom is 0.255 e. The van der Waals surface area contributed by atoms with E-state index in [2.05, 4.69) is 10.6 Å². The average Bonchev–Trinajstić information content (AvgIpc) is 2.32. The van der Waals surface area contributed by atoms with Crippen molar-refractivity contribution < 1.29 is 4.79 Å². The summed E-state index contributed by atoms with van der Waals surface area (Å²) in [7, 11) is 0. The van der Waals surface area contributed by atoms with Crippen LogP contribution in [0.25, 0.3) is 0 Å². The van der Waals surface area contributed by atoms with E-state index in [9.17, 15) is 4.79 Å². The van der Waals surface area contributed by atoms with E-state index in [4.69, 9.17) is 11.6 Å². The Morgan fingerprint density at radius 2 is 1.89 bits per heavy atom. The molecule has 1 aliphatic heterocycles. The maximum atomic E-state index is 12.3. The maximum absolute atomic E-state index is 12.3. The quantitative estimate of drug-likeness (QED) is 0.753. The van der Waals surface area contributed by atoms with Crippen LogP contribution in [0.3, 0.4) is 0 Å². The minimum atomic E-state index is -0.235. The Labute approximate surface area is 112 Å². The molecule has 1 fully saturated rings. The third-order valence-electron chi connectivity index (χ3n) is 3.97. The first-order chi connectivity index (χ1) is 8.60. The highest BCUT2D eigenvalue weighted by molar-refractivity contribution is 6.31. The predicted molar refractivity (Wildman–Crippen MR) is 73.1 cm³/mol. The van der Waals surface area contributed by atoms with Gasteiger partial charge >= 0.3 is 0 Å². The van der Waals surface area contributed by atoms with Crippen LogP contribution in [0.1, 0.15) is 48.0 Å². The lowest BCUT2D eigenvalue weighted by molar-refractivity contribution is 0.0876. The van der Waals surface area contributed by atoms with Crippen molar-refractivity contribution in [1.29, 1.82) is 0 Å². The van der Waals surface area contributed by atoms with Crippen molar-refractivity contribution in [3.05, 3.63) is 28.3 Å². The summed E-state index contributed by atoms with van der Waals surface area (Å²) in [5.74, 6) is -0.00347. The first-order valence-electron chi connectivity index (χ1n) is 6.50. The Morgan fingerprint density at radius 1 is 1.17 bits per heavy atom. The van der Waals surface area contributed by atoms with E-state index >= 15 is 0 Å². The minimum absolute atomic E-state index is 0.00347. The predicted octanol–water partition coefficient (Wildman–Crippen LogP) is 3.46. The van der Waals surface area contributed by atoms with Gasteiger partial charge in [-0.05, 0) is 50.3 Å². The van der Waals surface area contributed by atoms with E-state index in [0.717, 1.165) is 36.9 Å². The molecule has 0 aromatic heterocycles. The van der Waals surface area contributed by atoms with Crippen molar-refractivity contribution in [2.24, 2.45) is 0 Å². The summed E-state index contributed by atoms with van der Waals surface area (Å²) in [6, 6.07) is 3.64. The Hall–Kier alpha value is -1.22. The third-order valence-corrected chi connectivity index (χ3v) is 4.19. The standard InChI is InChI=1S/C14H17ClN2O/c1-9-7-10(15)8-11-12(9)16-14(17-13(11)18)5-3-2-4-6-14/h7-8,16H,2-6H2,1H3,(H,17,18). The fraction of sp³-hybridized carbons (Fsp3) is 0.500. The SMILES string of the molecule is Cc1cc(Cl)cc2c1NC1(CCCCC1)NC2=O. The number of benzene rings is 1. The number of carbonyl (C=O) groups excluding carboxylic acids is 1. The first-order valence-corrected chi connectivity index (χ1v) is 6.88. The molecule has 1 aliphatic carbocycles. The number of carbonyl (C=O) groups is 1. The van der Waals surface area contributed by atoms with Crippen molar-refractivity contribution in [2.45, 2.75) is 44.7 Å². The van der Waals surface area contributed by atoms with Gasteiger partial charge in [-0.25, -0.2) is 0 Å². The lowest BCUT2D eigenvalue weighted by atomic mass is 9.86. The molecule has 3 rings (SSSR count). The van der Waals surface area contributed by atoms with Gasteiger partial charge in [0.25, 0.3) is 5.91 Å². The van der Waals surface area contributed by atoms with Gasteiger partial charge in [-0.3, -0.25) is 4.79 Å². The van der Waals surface area contributed by atoms with Crippen LogP contribution < -0.4 is 10.6 Å². The zero-order valence-corrected chi connectivity index (χ0v) is 11.2. The second kappa shape index (κ2) is 4.16. The van der Waals surface area contributed by atoms with Crippen molar-refractivity contribution in [3.63, 3.8) is 0 Å². The summed E-state index contributed by atoms with van der Waals surface area (Å²) in [4.78, 5) is 12.3. The van der Waals surface area contributed by atoms with Gasteiger partial charge in [0, 0.05) is 5.02 Å². The Kier molecular flexibility index (Phi) is 2.74. The van der Waals surface area contributed by atoms with Gasteiger partial charge in [0.15, 0.2) is 0 Å². The summed E-state index contributed by atoms with van der Waals surface area (Å²) in [6.45, 7) is 1.99. The first kappa shape index (κ1) is 11.8. The molecule has 1 heterocycles. The summed E-state index contributed by atoms with van der Waals surface area (Å²) in [6.07, 6.45) is 5.58. The monoisotopic (exact) mass is 264 g/mol. The zero-order valence-electron chi connectivity index (χ0n) is 10.5. The molecular weight excluding hydrogens is 248 g/mol. The molecule has 1 aromatic carbocycles. The van der Waals surface area contributed by atoms with Crippen LogP contribution in [-0.4, -0.2) is 11.6 Å².